The first-order chi connectivity index (χ1) is 7.15. The fourth-order valence-electron chi connectivity index (χ4n) is 2.04. The highest BCUT2D eigenvalue weighted by molar-refractivity contribution is 5.79. The van der Waals surface area contributed by atoms with Crippen LogP contribution < -0.4 is 11.1 Å². The van der Waals surface area contributed by atoms with Gasteiger partial charge in [-0.05, 0) is 25.2 Å². The van der Waals surface area contributed by atoms with Gasteiger partial charge < -0.3 is 16.2 Å². The first-order valence-corrected chi connectivity index (χ1v) is 5.79. The lowest BCUT2D eigenvalue weighted by Crippen LogP contribution is -2.40. The molecule has 1 aliphatic carbocycles. The molecule has 1 amide bonds. The first-order valence-electron chi connectivity index (χ1n) is 5.79. The summed E-state index contributed by atoms with van der Waals surface area (Å²) in [6.45, 7) is 2.84. The normalized spacial score (nSPS) is 27.7. The Bertz CT molecular complexity index is 209. The average molecular weight is 214 g/mol. The van der Waals surface area contributed by atoms with Gasteiger partial charge in [0, 0.05) is 19.2 Å². The van der Waals surface area contributed by atoms with E-state index in [0.29, 0.717) is 12.5 Å². The zero-order chi connectivity index (χ0) is 11.3. The zero-order valence-corrected chi connectivity index (χ0v) is 9.41. The van der Waals surface area contributed by atoms with Crippen LogP contribution in [0.1, 0.15) is 32.6 Å². The number of hydrogen-bond acceptors (Lipinski definition) is 3. The van der Waals surface area contributed by atoms with E-state index < -0.39 is 0 Å². The Labute approximate surface area is 91.2 Å². The summed E-state index contributed by atoms with van der Waals surface area (Å²) in [4.78, 5) is 11.7. The third kappa shape index (κ3) is 3.80. The molecule has 0 aromatic rings. The molecule has 0 aromatic heterocycles. The quantitative estimate of drug-likeness (QED) is 0.614. The Kier molecular flexibility index (Phi) is 5.05. The number of aliphatic hydroxyl groups excluding tert-OH is 1. The lowest BCUT2D eigenvalue weighted by atomic mass is 10.0. The van der Waals surface area contributed by atoms with E-state index in [-0.39, 0.29) is 24.5 Å². The lowest BCUT2D eigenvalue weighted by Gasteiger charge is -2.17. The van der Waals surface area contributed by atoms with Crippen molar-refractivity contribution in [3.63, 3.8) is 0 Å². The largest absolute Gasteiger partial charge is 0.396 e. The van der Waals surface area contributed by atoms with Gasteiger partial charge in [0.15, 0.2) is 0 Å². The predicted molar refractivity (Wildman–Crippen MR) is 59.2 cm³/mol. The van der Waals surface area contributed by atoms with Crippen molar-refractivity contribution in [2.45, 2.75) is 38.6 Å². The van der Waals surface area contributed by atoms with Crippen molar-refractivity contribution < 1.29 is 9.90 Å². The molecular weight excluding hydrogens is 192 g/mol. The van der Waals surface area contributed by atoms with Crippen molar-refractivity contribution in [3.05, 3.63) is 0 Å². The molecule has 0 radical (unpaired) electrons. The minimum atomic E-state index is 0.00586. The monoisotopic (exact) mass is 214 g/mol. The molecule has 1 rings (SSSR count). The van der Waals surface area contributed by atoms with Crippen LogP contribution in [-0.2, 0) is 4.79 Å². The number of aliphatic hydroxyl groups is 1. The number of nitrogens with one attached hydrogen (secondary N) is 1. The number of nitrogens with two attached hydrogens (primary N) is 1. The Morgan fingerprint density at radius 1 is 1.60 bits per heavy atom. The van der Waals surface area contributed by atoms with Gasteiger partial charge in [-0.1, -0.05) is 13.3 Å². The van der Waals surface area contributed by atoms with Crippen LogP contribution >= 0.6 is 0 Å². The van der Waals surface area contributed by atoms with Crippen LogP contribution in [0.4, 0.5) is 0 Å². The minimum Gasteiger partial charge on any atom is -0.396 e. The molecule has 0 heterocycles. The van der Waals surface area contributed by atoms with E-state index in [2.05, 4.69) is 5.32 Å². The van der Waals surface area contributed by atoms with Crippen LogP contribution in [-0.4, -0.2) is 30.2 Å². The lowest BCUT2D eigenvalue weighted by molar-refractivity contribution is -0.125. The number of carbonyl (C=O) groups is 1. The molecule has 4 heteroatoms. The fraction of sp³-hybridized carbons (Fsp3) is 0.909. The molecule has 0 aromatic carbocycles. The van der Waals surface area contributed by atoms with Gasteiger partial charge in [0.1, 0.15) is 0 Å². The molecule has 88 valence electrons. The van der Waals surface area contributed by atoms with Crippen molar-refractivity contribution in [1.82, 2.24) is 5.32 Å². The van der Waals surface area contributed by atoms with E-state index in [9.17, 15) is 4.79 Å². The highest BCUT2D eigenvalue weighted by atomic mass is 16.3. The third-order valence-corrected chi connectivity index (χ3v) is 3.15. The Balaban J connectivity index is 2.23. The van der Waals surface area contributed by atoms with Crippen molar-refractivity contribution in [2.24, 2.45) is 17.6 Å². The highest BCUT2D eigenvalue weighted by Crippen LogP contribution is 2.23. The van der Waals surface area contributed by atoms with Crippen molar-refractivity contribution in [1.29, 1.82) is 0 Å². The van der Waals surface area contributed by atoms with Gasteiger partial charge in [0.25, 0.3) is 0 Å². The highest BCUT2D eigenvalue weighted by Gasteiger charge is 2.29. The van der Waals surface area contributed by atoms with Crippen LogP contribution in [0.2, 0.25) is 0 Å². The maximum atomic E-state index is 11.7. The number of amides is 1. The summed E-state index contributed by atoms with van der Waals surface area (Å²) in [6, 6.07) is 0.0400. The van der Waals surface area contributed by atoms with E-state index in [1.54, 1.807) is 0 Å². The fourth-order valence-corrected chi connectivity index (χ4v) is 2.04. The van der Waals surface area contributed by atoms with Crippen LogP contribution in [0, 0.1) is 11.8 Å². The molecule has 15 heavy (non-hydrogen) atoms. The van der Waals surface area contributed by atoms with Crippen molar-refractivity contribution in [3.8, 4) is 0 Å². The Morgan fingerprint density at radius 3 is 2.87 bits per heavy atom. The van der Waals surface area contributed by atoms with Crippen LogP contribution in [0.15, 0.2) is 0 Å². The van der Waals surface area contributed by atoms with E-state index >= 15 is 0 Å². The van der Waals surface area contributed by atoms with E-state index in [1.807, 2.05) is 6.92 Å². The standard InChI is InChI=1S/C11H22N2O2/c1-8(5-6-14)7-13-11(15)9-3-2-4-10(9)12/h8-10,14H,2-7,12H2,1H3,(H,13,15). The van der Waals surface area contributed by atoms with E-state index in [1.165, 1.54) is 0 Å². The average Bonchev–Trinajstić information content (AvgIpc) is 2.61. The van der Waals surface area contributed by atoms with E-state index in [4.69, 9.17) is 10.8 Å². The molecule has 1 fully saturated rings. The third-order valence-electron chi connectivity index (χ3n) is 3.15. The van der Waals surface area contributed by atoms with Gasteiger partial charge in [-0.15, -0.1) is 0 Å². The number of hydrogen-bond donors (Lipinski definition) is 3. The van der Waals surface area contributed by atoms with Gasteiger partial charge in [0.05, 0.1) is 5.92 Å². The topological polar surface area (TPSA) is 75.3 Å². The molecule has 4 nitrogen and oxygen atoms in total. The predicted octanol–water partition coefficient (Wildman–Crippen LogP) is 0.248. The van der Waals surface area contributed by atoms with Gasteiger partial charge in [-0.2, -0.15) is 0 Å². The summed E-state index contributed by atoms with van der Waals surface area (Å²) in [7, 11) is 0. The Hall–Kier alpha value is -0.610. The summed E-state index contributed by atoms with van der Waals surface area (Å²) < 4.78 is 0. The molecule has 1 saturated carbocycles. The summed E-state index contributed by atoms with van der Waals surface area (Å²) in [5.41, 5.74) is 5.84. The molecule has 3 unspecified atom stereocenters. The van der Waals surface area contributed by atoms with Crippen LogP contribution in [0.25, 0.3) is 0 Å². The smallest absolute Gasteiger partial charge is 0.224 e. The second-order valence-electron chi connectivity index (χ2n) is 4.56. The Morgan fingerprint density at radius 2 is 2.33 bits per heavy atom. The van der Waals surface area contributed by atoms with E-state index in [0.717, 1.165) is 25.7 Å². The summed E-state index contributed by atoms with van der Waals surface area (Å²) in [6.07, 6.45) is 3.67. The van der Waals surface area contributed by atoms with Gasteiger partial charge in [-0.3, -0.25) is 4.79 Å². The molecular formula is C11H22N2O2. The van der Waals surface area contributed by atoms with Crippen molar-refractivity contribution in [2.75, 3.05) is 13.2 Å². The maximum absolute atomic E-state index is 11.7. The van der Waals surface area contributed by atoms with Crippen molar-refractivity contribution >= 4 is 5.91 Å². The summed E-state index contributed by atoms with van der Waals surface area (Å²) in [5.74, 6) is 0.424. The SMILES string of the molecule is CC(CCO)CNC(=O)C1CCCC1N. The molecule has 3 atom stereocenters. The summed E-state index contributed by atoms with van der Waals surface area (Å²) in [5, 5.41) is 11.6. The van der Waals surface area contributed by atoms with Gasteiger partial charge >= 0.3 is 0 Å². The molecule has 0 spiro atoms. The van der Waals surface area contributed by atoms with Gasteiger partial charge in [-0.25, -0.2) is 0 Å². The molecule has 4 N–H and O–H groups in total. The number of rotatable bonds is 5. The number of carbonyl (C=O) groups excluding carboxylic acids is 1. The second-order valence-corrected chi connectivity index (χ2v) is 4.56. The molecule has 0 saturated heterocycles. The zero-order valence-electron chi connectivity index (χ0n) is 9.41. The molecule has 1 aliphatic rings. The minimum absolute atomic E-state index is 0.00586. The molecule has 0 aliphatic heterocycles. The second kappa shape index (κ2) is 6.08. The molecule has 0 bridgehead atoms. The first kappa shape index (κ1) is 12.5. The maximum Gasteiger partial charge on any atom is 0.224 e. The van der Waals surface area contributed by atoms with Gasteiger partial charge in [0.2, 0.25) is 5.91 Å². The van der Waals surface area contributed by atoms with Crippen LogP contribution in [0.5, 0.6) is 0 Å². The van der Waals surface area contributed by atoms with Crippen LogP contribution in [0.3, 0.4) is 0 Å². The summed E-state index contributed by atoms with van der Waals surface area (Å²) >= 11 is 0.